The Balaban J connectivity index is 1.76. The van der Waals surface area contributed by atoms with Crippen molar-refractivity contribution < 1.29 is 14.4 Å². The number of aromatic nitrogens is 1. The minimum atomic E-state index is -0.567. The number of carbonyl (C=O) groups is 3. The smallest absolute Gasteiger partial charge is 0.273 e. The molecule has 0 N–H and O–H groups in total. The molecular weight excluding hydrogens is 324 g/mol. The van der Waals surface area contributed by atoms with E-state index in [0.717, 1.165) is 4.34 Å². The lowest BCUT2D eigenvalue weighted by atomic mass is 10.1. The third kappa shape index (κ3) is 2.58. The Morgan fingerprint density at radius 3 is 2.86 bits per heavy atom. The molecule has 1 atom stereocenters. The lowest BCUT2D eigenvalue weighted by molar-refractivity contribution is -0.157. The van der Waals surface area contributed by atoms with Gasteiger partial charge in [0.15, 0.2) is 0 Å². The monoisotopic (exact) mass is 340 g/mol. The first-order valence-electron chi connectivity index (χ1n) is 6.84. The molecule has 7 nitrogen and oxygen atoms in total. The first kappa shape index (κ1) is 15.3. The molecule has 3 rings (SSSR count). The second-order valence-electron chi connectivity index (χ2n) is 5.25. The fourth-order valence-electron chi connectivity index (χ4n) is 2.71. The Kier molecular flexibility index (Phi) is 4.09. The number of rotatable bonds is 2. The third-order valence-corrected chi connectivity index (χ3v) is 5.76. The normalized spacial score (nSPS) is 22.1. The molecule has 118 valence electrons. The van der Waals surface area contributed by atoms with Crippen LogP contribution >= 0.6 is 23.1 Å². The van der Waals surface area contributed by atoms with Crippen molar-refractivity contribution >= 4 is 40.8 Å². The molecule has 3 amide bonds. The van der Waals surface area contributed by atoms with Gasteiger partial charge in [0, 0.05) is 25.5 Å². The first-order valence-corrected chi connectivity index (χ1v) is 8.95. The highest BCUT2D eigenvalue weighted by molar-refractivity contribution is 8.00. The Labute approximate surface area is 136 Å². The van der Waals surface area contributed by atoms with Gasteiger partial charge in [0.1, 0.15) is 16.1 Å². The Bertz CT molecular complexity index is 633. The number of hydrogen-bond acceptors (Lipinski definition) is 6. The highest BCUT2D eigenvalue weighted by Crippen LogP contribution is 2.22. The van der Waals surface area contributed by atoms with Gasteiger partial charge in [-0.05, 0) is 6.26 Å². The molecule has 0 bridgehead atoms. The minimum absolute atomic E-state index is 0.0578. The van der Waals surface area contributed by atoms with Crippen LogP contribution in [0.3, 0.4) is 0 Å². The molecule has 1 unspecified atom stereocenters. The van der Waals surface area contributed by atoms with Crippen LogP contribution in [0.15, 0.2) is 9.72 Å². The second-order valence-corrected chi connectivity index (χ2v) is 7.16. The van der Waals surface area contributed by atoms with E-state index in [1.165, 1.54) is 28.0 Å². The molecule has 2 aliphatic heterocycles. The molecule has 1 aromatic rings. The van der Waals surface area contributed by atoms with Crippen molar-refractivity contribution in [3.8, 4) is 0 Å². The van der Waals surface area contributed by atoms with Gasteiger partial charge in [-0.25, -0.2) is 4.98 Å². The van der Waals surface area contributed by atoms with Crippen LogP contribution in [-0.4, -0.2) is 82.9 Å². The number of amides is 3. The molecule has 22 heavy (non-hydrogen) atoms. The molecule has 1 aromatic heterocycles. The van der Waals surface area contributed by atoms with E-state index in [-0.39, 0.29) is 30.8 Å². The molecule has 0 spiro atoms. The summed E-state index contributed by atoms with van der Waals surface area (Å²) in [5, 5.41) is 1.74. The average molecular weight is 340 g/mol. The maximum Gasteiger partial charge on any atom is 0.273 e. The molecule has 2 fully saturated rings. The van der Waals surface area contributed by atoms with Gasteiger partial charge in [-0.1, -0.05) is 11.8 Å². The predicted molar refractivity (Wildman–Crippen MR) is 82.9 cm³/mol. The van der Waals surface area contributed by atoms with E-state index in [2.05, 4.69) is 4.98 Å². The maximum atomic E-state index is 12.5. The van der Waals surface area contributed by atoms with E-state index in [1.54, 1.807) is 22.2 Å². The van der Waals surface area contributed by atoms with E-state index >= 15 is 0 Å². The van der Waals surface area contributed by atoms with Gasteiger partial charge >= 0.3 is 0 Å². The number of likely N-dealkylation sites (N-methyl/N-ethyl adjacent to an activating group) is 1. The van der Waals surface area contributed by atoms with Crippen LogP contribution in [0.2, 0.25) is 0 Å². The second kappa shape index (κ2) is 5.88. The summed E-state index contributed by atoms with van der Waals surface area (Å²) >= 11 is 2.93. The van der Waals surface area contributed by atoms with Gasteiger partial charge in [-0.3, -0.25) is 14.4 Å². The average Bonchev–Trinajstić information content (AvgIpc) is 3.00. The molecule has 3 heterocycles. The zero-order chi connectivity index (χ0) is 15.9. The summed E-state index contributed by atoms with van der Waals surface area (Å²) in [4.78, 5) is 45.6. The van der Waals surface area contributed by atoms with Crippen LogP contribution in [-0.2, 0) is 9.59 Å². The minimum Gasteiger partial charge on any atom is -0.335 e. The quantitative estimate of drug-likeness (QED) is 0.708. The van der Waals surface area contributed by atoms with Crippen molar-refractivity contribution in [3.63, 3.8) is 0 Å². The number of nitrogens with zero attached hydrogens (tertiary/aromatic N) is 4. The van der Waals surface area contributed by atoms with Crippen LogP contribution in [0.1, 0.15) is 10.5 Å². The highest BCUT2D eigenvalue weighted by atomic mass is 32.2. The summed E-state index contributed by atoms with van der Waals surface area (Å²) in [5.41, 5.74) is 0.408. The SMILES string of the molecule is CSc1nc(C(=O)N2CCN3C(=O)CN(C)C(=O)C3C2)cs1. The number of thiazole rings is 1. The number of thioether (sulfide) groups is 1. The molecule has 0 aliphatic carbocycles. The van der Waals surface area contributed by atoms with Crippen molar-refractivity contribution in [1.29, 1.82) is 0 Å². The first-order chi connectivity index (χ1) is 10.5. The topological polar surface area (TPSA) is 73.8 Å². The van der Waals surface area contributed by atoms with Gasteiger partial charge in [0.2, 0.25) is 11.8 Å². The van der Waals surface area contributed by atoms with Crippen molar-refractivity contribution in [2.45, 2.75) is 10.4 Å². The van der Waals surface area contributed by atoms with Gasteiger partial charge < -0.3 is 14.7 Å². The standard InChI is InChI=1S/C13H16N4O3S2/c1-15-6-10(18)17-4-3-16(5-9(17)12(15)20)11(19)8-7-22-13(14-8)21-2/h7,9H,3-6H2,1-2H3. The van der Waals surface area contributed by atoms with Gasteiger partial charge in [0.25, 0.3) is 5.91 Å². The van der Waals surface area contributed by atoms with Crippen LogP contribution in [0.25, 0.3) is 0 Å². The summed E-state index contributed by atoms with van der Waals surface area (Å²) in [5.74, 6) is -0.345. The number of carbonyl (C=O) groups excluding carboxylic acids is 3. The summed E-state index contributed by atoms with van der Waals surface area (Å²) in [6.45, 7) is 1.19. The lowest BCUT2D eigenvalue weighted by Gasteiger charge is -2.45. The van der Waals surface area contributed by atoms with E-state index in [1.807, 2.05) is 6.26 Å². The fraction of sp³-hybridized carbons (Fsp3) is 0.538. The van der Waals surface area contributed by atoms with Crippen molar-refractivity contribution in [2.75, 3.05) is 39.5 Å². The van der Waals surface area contributed by atoms with Gasteiger partial charge in [-0.2, -0.15) is 0 Å². The summed E-state index contributed by atoms with van der Waals surface area (Å²) in [6.07, 6.45) is 1.91. The number of fused-ring (bicyclic) bond motifs is 1. The van der Waals surface area contributed by atoms with E-state index in [9.17, 15) is 14.4 Å². The predicted octanol–water partition coefficient (Wildman–Crippen LogP) is -0.01000. The van der Waals surface area contributed by atoms with Crippen LogP contribution in [0, 0.1) is 0 Å². The number of piperazine rings is 2. The zero-order valence-corrected chi connectivity index (χ0v) is 13.9. The molecule has 0 aromatic carbocycles. The van der Waals surface area contributed by atoms with Crippen LogP contribution in [0.5, 0.6) is 0 Å². The molecule has 9 heteroatoms. The Morgan fingerprint density at radius 1 is 1.41 bits per heavy atom. The molecule has 2 saturated heterocycles. The maximum absolute atomic E-state index is 12.5. The molecule has 0 saturated carbocycles. The number of hydrogen-bond donors (Lipinski definition) is 0. The van der Waals surface area contributed by atoms with Crippen LogP contribution in [0.4, 0.5) is 0 Å². The summed E-state index contributed by atoms with van der Waals surface area (Å²) in [6, 6.07) is -0.567. The Morgan fingerprint density at radius 2 is 2.18 bits per heavy atom. The van der Waals surface area contributed by atoms with Crippen LogP contribution < -0.4 is 0 Å². The van der Waals surface area contributed by atoms with Crippen molar-refractivity contribution in [3.05, 3.63) is 11.1 Å². The molecule has 0 radical (unpaired) electrons. The third-order valence-electron chi connectivity index (χ3n) is 3.90. The van der Waals surface area contributed by atoms with Gasteiger partial charge in [-0.15, -0.1) is 11.3 Å². The van der Waals surface area contributed by atoms with Crippen molar-refractivity contribution in [1.82, 2.24) is 19.7 Å². The molecular formula is C13H16N4O3S2. The van der Waals surface area contributed by atoms with Gasteiger partial charge in [0.05, 0.1) is 13.1 Å². The highest BCUT2D eigenvalue weighted by Gasteiger charge is 2.42. The van der Waals surface area contributed by atoms with E-state index in [4.69, 9.17) is 0 Å². The Hall–Kier alpha value is -1.61. The lowest BCUT2D eigenvalue weighted by Crippen LogP contribution is -2.66. The molecule has 2 aliphatic rings. The van der Waals surface area contributed by atoms with E-state index in [0.29, 0.717) is 18.8 Å². The zero-order valence-electron chi connectivity index (χ0n) is 12.3. The summed E-state index contributed by atoms with van der Waals surface area (Å²) in [7, 11) is 1.61. The largest absolute Gasteiger partial charge is 0.335 e. The van der Waals surface area contributed by atoms with E-state index < -0.39 is 6.04 Å². The fourth-order valence-corrected chi connectivity index (χ4v) is 3.95. The van der Waals surface area contributed by atoms with Crippen molar-refractivity contribution in [2.24, 2.45) is 0 Å². The summed E-state index contributed by atoms with van der Waals surface area (Å²) < 4.78 is 0.839.